The summed E-state index contributed by atoms with van der Waals surface area (Å²) in [6.07, 6.45) is 2.06. The van der Waals surface area contributed by atoms with Crippen molar-refractivity contribution < 1.29 is 14.6 Å². The van der Waals surface area contributed by atoms with Crippen molar-refractivity contribution in [2.24, 2.45) is 0 Å². The molecule has 0 heterocycles. The molecule has 0 radical (unpaired) electrons. The van der Waals surface area contributed by atoms with E-state index in [9.17, 15) is 4.79 Å². The number of nitrogens with one attached hydrogen (secondary N) is 1. The molecule has 2 N–H and O–H groups in total. The topological polar surface area (TPSA) is 61.8 Å². The highest BCUT2D eigenvalue weighted by molar-refractivity contribution is 5.75. The Morgan fingerprint density at radius 1 is 1.48 bits per heavy atom. The lowest BCUT2D eigenvalue weighted by atomic mass is 10.1. The molecule has 1 saturated carbocycles. The summed E-state index contributed by atoms with van der Waals surface area (Å²) in [4.78, 5) is 13.9. The van der Waals surface area contributed by atoms with E-state index in [4.69, 9.17) is 9.84 Å². The maximum Gasteiger partial charge on any atom is 0.317 e. The van der Waals surface area contributed by atoms with Crippen LogP contribution in [0, 0.1) is 6.92 Å². The molecule has 1 fully saturated rings. The average molecular weight is 292 g/mol. The number of aryl methyl sites for hydroxylation is 1. The van der Waals surface area contributed by atoms with Gasteiger partial charge >= 0.3 is 6.03 Å². The first kappa shape index (κ1) is 15.6. The molecule has 0 spiro atoms. The Kier molecular flexibility index (Phi) is 5.44. The fourth-order valence-corrected chi connectivity index (χ4v) is 2.31. The fourth-order valence-electron chi connectivity index (χ4n) is 2.31. The molecule has 1 aliphatic rings. The number of carbonyl (C=O) groups excluding carboxylic acids is 1. The highest BCUT2D eigenvalue weighted by atomic mass is 16.5. The lowest BCUT2D eigenvalue weighted by Crippen LogP contribution is -2.42. The van der Waals surface area contributed by atoms with E-state index in [1.807, 2.05) is 32.0 Å². The molecule has 1 aliphatic carbocycles. The lowest BCUT2D eigenvalue weighted by Gasteiger charge is -2.22. The largest absolute Gasteiger partial charge is 0.494 e. The third-order valence-electron chi connectivity index (χ3n) is 3.54. The van der Waals surface area contributed by atoms with Crippen LogP contribution in [0.5, 0.6) is 5.75 Å². The number of aliphatic hydroxyl groups excluding tert-OH is 1. The third-order valence-corrected chi connectivity index (χ3v) is 3.54. The number of aliphatic hydroxyl groups is 1. The minimum atomic E-state index is -0.116. The smallest absolute Gasteiger partial charge is 0.317 e. The number of urea groups is 1. The summed E-state index contributed by atoms with van der Waals surface area (Å²) in [5.74, 6) is 0.818. The first-order chi connectivity index (χ1) is 10.2. The van der Waals surface area contributed by atoms with Crippen molar-refractivity contribution in [3.8, 4) is 5.75 Å². The van der Waals surface area contributed by atoms with E-state index >= 15 is 0 Å². The number of nitrogens with zero attached hydrogens (tertiary/aromatic N) is 1. The van der Waals surface area contributed by atoms with Gasteiger partial charge in [-0.15, -0.1) is 0 Å². The quantitative estimate of drug-likeness (QED) is 0.808. The minimum absolute atomic E-state index is 0.00134. The molecular formula is C16H24N2O3. The van der Waals surface area contributed by atoms with Gasteiger partial charge < -0.3 is 20.1 Å². The van der Waals surface area contributed by atoms with Crippen LogP contribution >= 0.6 is 0 Å². The normalized spacial score (nSPS) is 13.9. The zero-order valence-corrected chi connectivity index (χ0v) is 12.8. The van der Waals surface area contributed by atoms with Crippen molar-refractivity contribution in [3.63, 3.8) is 0 Å². The van der Waals surface area contributed by atoms with Crippen molar-refractivity contribution in [3.05, 3.63) is 29.3 Å². The Labute approximate surface area is 125 Å². The van der Waals surface area contributed by atoms with Gasteiger partial charge in [0.2, 0.25) is 0 Å². The Morgan fingerprint density at radius 3 is 2.86 bits per heavy atom. The van der Waals surface area contributed by atoms with Crippen molar-refractivity contribution in [1.82, 2.24) is 10.2 Å². The summed E-state index contributed by atoms with van der Waals surface area (Å²) in [6.45, 7) is 5.38. The first-order valence-corrected chi connectivity index (χ1v) is 7.53. The molecule has 5 nitrogen and oxygen atoms in total. The van der Waals surface area contributed by atoms with Crippen molar-refractivity contribution in [2.75, 3.05) is 19.8 Å². The molecule has 5 heteroatoms. The van der Waals surface area contributed by atoms with E-state index in [-0.39, 0.29) is 12.6 Å². The van der Waals surface area contributed by atoms with Crippen LogP contribution in [0.25, 0.3) is 0 Å². The average Bonchev–Trinajstić information content (AvgIpc) is 3.28. The highest BCUT2D eigenvalue weighted by Gasteiger charge is 2.31. The number of rotatable bonds is 7. The van der Waals surface area contributed by atoms with Gasteiger partial charge in [0.25, 0.3) is 0 Å². The number of hydrogen-bond donors (Lipinski definition) is 2. The second kappa shape index (κ2) is 7.31. The second-order valence-electron chi connectivity index (χ2n) is 5.35. The molecule has 0 bridgehead atoms. The van der Waals surface area contributed by atoms with Gasteiger partial charge in [-0.3, -0.25) is 0 Å². The van der Waals surface area contributed by atoms with Crippen LogP contribution in [-0.4, -0.2) is 41.8 Å². The summed E-state index contributed by atoms with van der Waals surface area (Å²) in [5.41, 5.74) is 2.10. The number of ether oxygens (including phenoxy) is 1. The van der Waals surface area contributed by atoms with E-state index in [0.717, 1.165) is 29.7 Å². The molecule has 0 atom stereocenters. The fraction of sp³-hybridized carbons (Fsp3) is 0.562. The highest BCUT2D eigenvalue weighted by Crippen LogP contribution is 2.26. The van der Waals surface area contributed by atoms with Gasteiger partial charge in [0.15, 0.2) is 0 Å². The van der Waals surface area contributed by atoms with Crippen molar-refractivity contribution in [2.45, 2.75) is 39.3 Å². The molecule has 116 valence electrons. The molecule has 0 unspecified atom stereocenters. The molecule has 0 saturated heterocycles. The van der Waals surface area contributed by atoms with E-state index in [0.29, 0.717) is 25.7 Å². The third kappa shape index (κ3) is 4.36. The van der Waals surface area contributed by atoms with Gasteiger partial charge in [-0.1, -0.05) is 12.1 Å². The zero-order chi connectivity index (χ0) is 15.2. The number of amides is 2. The molecular weight excluding hydrogens is 268 g/mol. The Balaban J connectivity index is 1.96. The zero-order valence-electron chi connectivity index (χ0n) is 12.8. The Hall–Kier alpha value is -1.75. The first-order valence-electron chi connectivity index (χ1n) is 7.53. The predicted octanol–water partition coefficient (Wildman–Crippen LogP) is 2.06. The van der Waals surface area contributed by atoms with Gasteiger partial charge in [0.05, 0.1) is 13.2 Å². The van der Waals surface area contributed by atoms with Gasteiger partial charge in [-0.25, -0.2) is 4.79 Å². The number of hydrogen-bond acceptors (Lipinski definition) is 3. The van der Waals surface area contributed by atoms with Crippen LogP contribution < -0.4 is 10.1 Å². The second-order valence-corrected chi connectivity index (χ2v) is 5.35. The SMILES string of the molecule is CCOc1cc(C)ccc1CNC(=O)N(CCO)C1CC1. The van der Waals surface area contributed by atoms with Gasteiger partial charge in [-0.05, 0) is 38.3 Å². The maximum atomic E-state index is 12.2. The summed E-state index contributed by atoms with van der Waals surface area (Å²) < 4.78 is 5.61. The van der Waals surface area contributed by atoms with Crippen molar-refractivity contribution >= 4 is 6.03 Å². The molecule has 1 aromatic carbocycles. The summed E-state index contributed by atoms with van der Waals surface area (Å²) in [6, 6.07) is 6.15. The summed E-state index contributed by atoms with van der Waals surface area (Å²) in [5, 5.41) is 12.0. The summed E-state index contributed by atoms with van der Waals surface area (Å²) >= 11 is 0. The van der Waals surface area contributed by atoms with E-state index in [1.165, 1.54) is 0 Å². The van der Waals surface area contributed by atoms with E-state index in [2.05, 4.69) is 5.32 Å². The molecule has 2 amide bonds. The molecule has 0 aromatic heterocycles. The predicted molar refractivity (Wildman–Crippen MR) is 81.4 cm³/mol. The van der Waals surface area contributed by atoms with E-state index < -0.39 is 0 Å². The standard InChI is InChI=1S/C16H24N2O3/c1-3-21-15-10-12(2)4-5-13(15)11-17-16(20)18(8-9-19)14-6-7-14/h4-5,10,14,19H,3,6-9,11H2,1-2H3,(H,17,20). The van der Waals surface area contributed by atoms with Crippen LogP contribution in [0.2, 0.25) is 0 Å². The number of carbonyl (C=O) groups is 1. The van der Waals surface area contributed by atoms with Crippen LogP contribution in [0.3, 0.4) is 0 Å². The Morgan fingerprint density at radius 2 is 2.24 bits per heavy atom. The minimum Gasteiger partial charge on any atom is -0.494 e. The Bertz CT molecular complexity index is 486. The van der Waals surface area contributed by atoms with Crippen LogP contribution in [0.1, 0.15) is 30.9 Å². The maximum absolute atomic E-state index is 12.2. The lowest BCUT2D eigenvalue weighted by molar-refractivity contribution is 0.173. The van der Waals surface area contributed by atoms with Crippen molar-refractivity contribution in [1.29, 1.82) is 0 Å². The van der Waals surface area contributed by atoms with Crippen LogP contribution in [-0.2, 0) is 6.54 Å². The number of benzene rings is 1. The van der Waals surface area contributed by atoms with Crippen LogP contribution in [0.15, 0.2) is 18.2 Å². The van der Waals surface area contributed by atoms with Gasteiger partial charge in [0, 0.05) is 24.7 Å². The monoisotopic (exact) mass is 292 g/mol. The molecule has 0 aliphatic heterocycles. The molecule has 2 rings (SSSR count). The summed E-state index contributed by atoms with van der Waals surface area (Å²) in [7, 11) is 0. The molecule has 1 aromatic rings. The van der Waals surface area contributed by atoms with Gasteiger partial charge in [-0.2, -0.15) is 0 Å². The molecule has 21 heavy (non-hydrogen) atoms. The van der Waals surface area contributed by atoms with Gasteiger partial charge in [0.1, 0.15) is 5.75 Å². The van der Waals surface area contributed by atoms with E-state index in [1.54, 1.807) is 4.90 Å². The van der Waals surface area contributed by atoms with Crippen LogP contribution in [0.4, 0.5) is 4.79 Å².